The molecule has 357 valence electrons. The fourth-order valence-corrected chi connectivity index (χ4v) is 10.9. The zero-order chi connectivity index (χ0) is 48.7. The van der Waals surface area contributed by atoms with Crippen molar-refractivity contribution in [2.75, 3.05) is 0 Å². The molecule has 7 heteroatoms. The number of nitrogens with zero attached hydrogens (tertiary/aromatic N) is 4. The van der Waals surface area contributed by atoms with E-state index in [1.54, 1.807) is 0 Å². The summed E-state index contributed by atoms with van der Waals surface area (Å²) in [6.45, 7) is 25.3. The molecule has 10 aromatic rings. The Hall–Kier alpha value is -6.24. The molecule has 0 amide bonds. The second-order valence-corrected chi connectivity index (χ2v) is 27.2. The van der Waals surface area contributed by atoms with Crippen LogP contribution in [-0.4, -0.2) is 27.6 Å². The SMILES string of the molecule is CC(C)(C)Cc1ccc2c(n1)oc1c[c-]c(-c3nc4ccccc4n3-c3c(-c4ccccc4)cc(C(C)(C)C)cc3-c3ccccc3)cc12.CC(C)Cc1cc(-c2[c-]cccc2)ncc1[Si](C)(C)C.[Ir]. The van der Waals surface area contributed by atoms with Crippen molar-refractivity contribution in [3.8, 4) is 50.6 Å². The van der Waals surface area contributed by atoms with Gasteiger partial charge in [-0.3, -0.25) is 4.98 Å². The van der Waals surface area contributed by atoms with Gasteiger partial charge in [0.2, 0.25) is 5.71 Å². The maximum Gasteiger partial charge on any atom is 0.216 e. The standard InChI is InChI=1S/C45H40N3O.C18H24NSi.Ir/c1-44(2,3)28-33-22-23-34-37-25-31(21-24-40(37)49-43(34)46-33)42-47-38-19-13-14-20-39(38)48(42)41-35(29-15-9-7-10-16-29)26-32(45(4,5)6)27-36(41)30-17-11-8-12-18-30;1-14(2)11-16-12-17(15-9-7-6-8-10-15)19-13-18(16)20(3,4)5;/h7-20,22-27H,28H2,1-6H3;6-9,12-14H,11H2,1-5H3;/q2*-1;. The van der Waals surface area contributed by atoms with Gasteiger partial charge in [0.15, 0.2) is 0 Å². The van der Waals surface area contributed by atoms with Gasteiger partial charge in [0.1, 0.15) is 0 Å². The van der Waals surface area contributed by atoms with Crippen LogP contribution in [0.25, 0.3) is 83.7 Å². The Bertz CT molecular complexity index is 3350. The first-order chi connectivity index (χ1) is 32.9. The molecular weight excluding hydrogens is 1050 g/mol. The molecule has 1 radical (unpaired) electrons. The summed E-state index contributed by atoms with van der Waals surface area (Å²) in [6, 6.07) is 60.1. The first-order valence-electron chi connectivity index (χ1n) is 24.4. The van der Waals surface area contributed by atoms with Crippen molar-refractivity contribution < 1.29 is 24.5 Å². The first kappa shape index (κ1) is 50.2. The number of hydrogen-bond donors (Lipinski definition) is 0. The van der Waals surface area contributed by atoms with Crippen molar-refractivity contribution in [1.82, 2.24) is 19.5 Å². The van der Waals surface area contributed by atoms with Crippen molar-refractivity contribution in [2.24, 2.45) is 11.3 Å². The molecule has 5 nitrogen and oxygen atoms in total. The molecule has 70 heavy (non-hydrogen) atoms. The second kappa shape index (κ2) is 20.2. The van der Waals surface area contributed by atoms with E-state index in [9.17, 15) is 0 Å². The molecule has 0 fully saturated rings. The monoisotopic (exact) mass is 1110 g/mol. The van der Waals surface area contributed by atoms with Crippen LogP contribution in [0.5, 0.6) is 0 Å². The van der Waals surface area contributed by atoms with E-state index in [2.05, 4.69) is 230 Å². The van der Waals surface area contributed by atoms with E-state index in [0.717, 1.165) is 96.5 Å². The fraction of sp³-hybridized carbons (Fsp3) is 0.254. The van der Waals surface area contributed by atoms with Crippen molar-refractivity contribution in [3.05, 3.63) is 187 Å². The number of para-hydroxylation sites is 2. The Kier molecular flexibility index (Phi) is 14.5. The summed E-state index contributed by atoms with van der Waals surface area (Å²) in [5.41, 5.74) is 16.0. The van der Waals surface area contributed by atoms with Crippen LogP contribution < -0.4 is 5.19 Å². The maximum absolute atomic E-state index is 6.30. The molecule has 10 rings (SSSR count). The average Bonchev–Trinajstić information content (AvgIpc) is 3.88. The van der Waals surface area contributed by atoms with Gasteiger partial charge in [-0.2, -0.15) is 0 Å². The number of aromatic nitrogens is 4. The summed E-state index contributed by atoms with van der Waals surface area (Å²) >= 11 is 0. The van der Waals surface area contributed by atoms with Gasteiger partial charge < -0.3 is 14.0 Å². The number of imidazole rings is 1. The average molecular weight is 1110 g/mol. The smallest absolute Gasteiger partial charge is 0.216 e. The van der Waals surface area contributed by atoms with Crippen LogP contribution in [0.2, 0.25) is 19.6 Å². The number of benzene rings is 6. The topological polar surface area (TPSA) is 56.7 Å². The number of furan rings is 1. The van der Waals surface area contributed by atoms with Crippen molar-refractivity contribution in [1.29, 1.82) is 0 Å². The Morgan fingerprint density at radius 3 is 1.91 bits per heavy atom. The molecular formula is C63H64IrN4OSi-2. The summed E-state index contributed by atoms with van der Waals surface area (Å²) in [7, 11) is -1.34. The first-order valence-corrected chi connectivity index (χ1v) is 27.9. The van der Waals surface area contributed by atoms with Crippen molar-refractivity contribution in [2.45, 2.75) is 93.3 Å². The Morgan fingerprint density at radius 2 is 1.31 bits per heavy atom. The van der Waals surface area contributed by atoms with Gasteiger partial charge in [0.25, 0.3) is 0 Å². The van der Waals surface area contributed by atoms with Gasteiger partial charge in [-0.1, -0.05) is 165 Å². The van der Waals surface area contributed by atoms with E-state index in [-0.39, 0.29) is 30.9 Å². The Morgan fingerprint density at radius 1 is 0.671 bits per heavy atom. The molecule has 0 aliphatic carbocycles. The molecule has 0 saturated carbocycles. The molecule has 0 saturated heterocycles. The van der Waals surface area contributed by atoms with Gasteiger partial charge >= 0.3 is 0 Å². The van der Waals surface area contributed by atoms with E-state index in [4.69, 9.17) is 14.4 Å². The third-order valence-electron chi connectivity index (χ3n) is 12.6. The normalized spacial score (nSPS) is 12.1. The van der Waals surface area contributed by atoms with Gasteiger partial charge in [0, 0.05) is 48.5 Å². The third-order valence-corrected chi connectivity index (χ3v) is 14.7. The van der Waals surface area contributed by atoms with Gasteiger partial charge in [-0.15, -0.1) is 59.7 Å². The molecule has 0 aliphatic rings. The molecule has 0 spiro atoms. The molecule has 4 heterocycles. The summed E-state index contributed by atoms with van der Waals surface area (Å²) in [5.74, 6) is 1.49. The van der Waals surface area contributed by atoms with Gasteiger partial charge in [-0.05, 0) is 93.6 Å². The van der Waals surface area contributed by atoms with Crippen LogP contribution in [-0.2, 0) is 38.4 Å². The maximum atomic E-state index is 6.30. The fourth-order valence-electron chi connectivity index (χ4n) is 9.31. The predicted octanol–water partition coefficient (Wildman–Crippen LogP) is 16.3. The van der Waals surface area contributed by atoms with E-state index in [0.29, 0.717) is 11.6 Å². The van der Waals surface area contributed by atoms with Crippen LogP contribution in [0.4, 0.5) is 0 Å². The summed E-state index contributed by atoms with van der Waals surface area (Å²) in [6.07, 6.45) is 4.12. The number of pyridine rings is 2. The largest absolute Gasteiger partial charge is 0.486 e. The molecule has 0 N–H and O–H groups in total. The molecule has 4 aromatic heterocycles. The van der Waals surface area contributed by atoms with Crippen LogP contribution in [0.1, 0.15) is 72.2 Å². The molecule has 0 aliphatic heterocycles. The van der Waals surface area contributed by atoms with Gasteiger partial charge in [-0.25, -0.2) is 4.98 Å². The third kappa shape index (κ3) is 10.9. The minimum atomic E-state index is -1.34. The zero-order valence-corrected chi connectivity index (χ0v) is 45.9. The van der Waals surface area contributed by atoms with Crippen molar-refractivity contribution in [3.63, 3.8) is 0 Å². The molecule has 0 unspecified atom stereocenters. The van der Waals surface area contributed by atoms with Crippen LogP contribution >= 0.6 is 0 Å². The van der Waals surface area contributed by atoms with Crippen LogP contribution in [0, 0.1) is 23.5 Å². The molecule has 0 bridgehead atoms. The second-order valence-electron chi connectivity index (χ2n) is 22.1. The Balaban J connectivity index is 0.000000264. The van der Waals surface area contributed by atoms with E-state index in [1.807, 2.05) is 24.3 Å². The quantitative estimate of drug-likeness (QED) is 0.107. The number of fused-ring (bicyclic) bond motifs is 4. The van der Waals surface area contributed by atoms with E-state index >= 15 is 0 Å². The minimum Gasteiger partial charge on any atom is -0.486 e. The van der Waals surface area contributed by atoms with Crippen LogP contribution in [0.3, 0.4) is 0 Å². The summed E-state index contributed by atoms with van der Waals surface area (Å²) < 4.78 is 8.64. The molecule has 6 aromatic carbocycles. The van der Waals surface area contributed by atoms with E-state index < -0.39 is 8.07 Å². The van der Waals surface area contributed by atoms with Gasteiger partial charge in [0.05, 0.1) is 36.2 Å². The molecule has 0 atom stereocenters. The Labute approximate surface area is 429 Å². The van der Waals surface area contributed by atoms with Crippen molar-refractivity contribution >= 4 is 46.4 Å². The summed E-state index contributed by atoms with van der Waals surface area (Å²) in [5, 5.41) is 3.49. The zero-order valence-electron chi connectivity index (χ0n) is 42.5. The number of hydrogen-bond acceptors (Lipinski definition) is 4. The number of rotatable bonds is 9. The van der Waals surface area contributed by atoms with E-state index in [1.165, 1.54) is 16.3 Å². The minimum absolute atomic E-state index is 0. The van der Waals surface area contributed by atoms with Crippen LogP contribution in [0.15, 0.2) is 162 Å². The summed E-state index contributed by atoms with van der Waals surface area (Å²) in [4.78, 5) is 14.9. The predicted molar refractivity (Wildman–Crippen MR) is 293 cm³/mol.